The maximum atomic E-state index is 12.1. The molecule has 2 unspecified atom stereocenters. The van der Waals surface area contributed by atoms with Gasteiger partial charge in [-0.25, -0.2) is 0 Å². The molecule has 2 aliphatic rings. The van der Waals surface area contributed by atoms with Gasteiger partial charge >= 0.3 is 0 Å². The van der Waals surface area contributed by atoms with Crippen LogP contribution in [0, 0.1) is 0 Å². The molecule has 1 aromatic rings. The number of likely N-dealkylation sites (N-methyl/N-ethyl adjacent to an activating group) is 1. The topological polar surface area (TPSA) is 74.8 Å². The van der Waals surface area contributed by atoms with E-state index in [4.69, 9.17) is 4.74 Å². The summed E-state index contributed by atoms with van der Waals surface area (Å²) in [5.41, 5.74) is 0.769. The average Bonchev–Trinajstić information content (AvgIpc) is 3.13. The fourth-order valence-corrected chi connectivity index (χ4v) is 3.31. The van der Waals surface area contributed by atoms with Gasteiger partial charge in [-0.05, 0) is 18.9 Å². The first-order valence-electron chi connectivity index (χ1n) is 8.38. The molecule has 7 heteroatoms. The lowest BCUT2D eigenvalue weighted by Crippen LogP contribution is -2.40. The van der Waals surface area contributed by atoms with Crippen LogP contribution in [0.1, 0.15) is 25.5 Å². The van der Waals surface area contributed by atoms with Gasteiger partial charge < -0.3 is 15.0 Å². The number of nitrogens with zero attached hydrogens (tertiary/aromatic N) is 3. The highest BCUT2D eigenvalue weighted by atomic mass is 16.5. The normalized spacial score (nSPS) is 24.4. The largest absolute Gasteiger partial charge is 0.489 e. The van der Waals surface area contributed by atoms with Gasteiger partial charge in [-0.15, -0.1) is 0 Å². The third-order valence-corrected chi connectivity index (χ3v) is 4.63. The van der Waals surface area contributed by atoms with Crippen molar-refractivity contribution in [3.63, 3.8) is 0 Å². The predicted molar refractivity (Wildman–Crippen MR) is 88.4 cm³/mol. The summed E-state index contributed by atoms with van der Waals surface area (Å²) in [4.78, 5) is 31.4. The van der Waals surface area contributed by atoms with Crippen molar-refractivity contribution in [1.82, 2.24) is 20.1 Å². The fourth-order valence-electron chi connectivity index (χ4n) is 3.31. The SMILES string of the molecule is CC(=O)NCc1cc(OC2CCN(C3CCN(C)C3=O)C2)ccn1. The molecule has 0 aromatic carbocycles. The second kappa shape index (κ2) is 7.17. The second-order valence-corrected chi connectivity index (χ2v) is 6.48. The first kappa shape index (κ1) is 16.7. The number of likely N-dealkylation sites (tertiary alicyclic amines) is 2. The van der Waals surface area contributed by atoms with Gasteiger partial charge in [0.05, 0.1) is 18.3 Å². The van der Waals surface area contributed by atoms with Crippen LogP contribution in [-0.4, -0.2) is 65.4 Å². The quantitative estimate of drug-likeness (QED) is 0.845. The molecule has 2 atom stereocenters. The molecule has 0 bridgehead atoms. The Kier molecular flexibility index (Phi) is 4.99. The van der Waals surface area contributed by atoms with Gasteiger partial charge in [0, 0.05) is 45.9 Å². The number of carbonyl (C=O) groups is 2. The molecule has 7 nitrogen and oxygen atoms in total. The Labute approximate surface area is 142 Å². The summed E-state index contributed by atoms with van der Waals surface area (Å²) < 4.78 is 6.06. The molecule has 0 aliphatic carbocycles. The summed E-state index contributed by atoms with van der Waals surface area (Å²) in [5, 5.41) is 2.73. The molecule has 0 saturated carbocycles. The molecule has 0 radical (unpaired) electrons. The Morgan fingerprint density at radius 3 is 2.96 bits per heavy atom. The number of carbonyl (C=O) groups excluding carboxylic acids is 2. The molecule has 2 saturated heterocycles. The lowest BCUT2D eigenvalue weighted by Gasteiger charge is -2.22. The third kappa shape index (κ3) is 3.84. The maximum absolute atomic E-state index is 12.1. The minimum absolute atomic E-state index is 0.0105. The Balaban J connectivity index is 1.55. The van der Waals surface area contributed by atoms with Crippen LogP contribution >= 0.6 is 0 Å². The Bertz CT molecular complexity index is 622. The van der Waals surface area contributed by atoms with E-state index in [1.165, 1.54) is 6.92 Å². The van der Waals surface area contributed by atoms with E-state index in [1.54, 1.807) is 11.1 Å². The minimum Gasteiger partial charge on any atom is -0.489 e. The lowest BCUT2D eigenvalue weighted by atomic mass is 10.2. The highest BCUT2D eigenvalue weighted by Crippen LogP contribution is 2.24. The molecule has 2 amide bonds. The van der Waals surface area contributed by atoms with E-state index >= 15 is 0 Å². The second-order valence-electron chi connectivity index (χ2n) is 6.48. The van der Waals surface area contributed by atoms with Crippen LogP contribution in [-0.2, 0) is 16.1 Å². The van der Waals surface area contributed by atoms with E-state index in [0.29, 0.717) is 6.54 Å². The van der Waals surface area contributed by atoms with Crippen molar-refractivity contribution in [2.45, 2.75) is 38.5 Å². The molecule has 2 aliphatic heterocycles. The van der Waals surface area contributed by atoms with Crippen molar-refractivity contribution < 1.29 is 14.3 Å². The zero-order valence-electron chi connectivity index (χ0n) is 14.2. The number of nitrogens with one attached hydrogen (secondary N) is 1. The number of rotatable bonds is 5. The molecule has 24 heavy (non-hydrogen) atoms. The molecular weight excluding hydrogens is 308 g/mol. The van der Waals surface area contributed by atoms with Crippen LogP contribution in [0.4, 0.5) is 0 Å². The van der Waals surface area contributed by atoms with Crippen LogP contribution in [0.5, 0.6) is 5.75 Å². The van der Waals surface area contributed by atoms with Gasteiger partial charge in [-0.3, -0.25) is 19.5 Å². The summed E-state index contributed by atoms with van der Waals surface area (Å²) in [6.45, 7) is 4.37. The van der Waals surface area contributed by atoms with Crippen molar-refractivity contribution in [2.24, 2.45) is 0 Å². The molecule has 3 heterocycles. The standard InChI is InChI=1S/C17H24N4O3/c1-12(22)19-10-13-9-14(3-6-18-13)24-15-4-8-21(11-15)16-5-7-20(2)17(16)23/h3,6,9,15-16H,4-5,7-8,10-11H2,1-2H3,(H,19,22). The smallest absolute Gasteiger partial charge is 0.239 e. The van der Waals surface area contributed by atoms with E-state index in [2.05, 4.69) is 15.2 Å². The van der Waals surface area contributed by atoms with E-state index in [1.807, 2.05) is 19.2 Å². The zero-order valence-corrected chi connectivity index (χ0v) is 14.2. The lowest BCUT2D eigenvalue weighted by molar-refractivity contribution is -0.130. The highest BCUT2D eigenvalue weighted by molar-refractivity contribution is 5.83. The van der Waals surface area contributed by atoms with Gasteiger partial charge in [0.1, 0.15) is 11.9 Å². The number of aromatic nitrogens is 1. The van der Waals surface area contributed by atoms with Crippen LogP contribution < -0.4 is 10.1 Å². The Hall–Kier alpha value is -2.15. The molecular formula is C17H24N4O3. The Morgan fingerprint density at radius 2 is 2.25 bits per heavy atom. The number of ether oxygens (including phenoxy) is 1. The number of amides is 2. The monoisotopic (exact) mass is 332 g/mol. The van der Waals surface area contributed by atoms with Crippen molar-refractivity contribution in [1.29, 1.82) is 0 Å². The molecule has 1 aromatic heterocycles. The van der Waals surface area contributed by atoms with E-state index in [9.17, 15) is 9.59 Å². The average molecular weight is 332 g/mol. The number of hydrogen-bond donors (Lipinski definition) is 1. The first-order valence-corrected chi connectivity index (χ1v) is 8.38. The van der Waals surface area contributed by atoms with Crippen LogP contribution in [0.3, 0.4) is 0 Å². The van der Waals surface area contributed by atoms with E-state index in [0.717, 1.165) is 43.9 Å². The maximum Gasteiger partial charge on any atom is 0.239 e. The molecule has 1 N–H and O–H groups in total. The van der Waals surface area contributed by atoms with Crippen molar-refractivity contribution in [2.75, 3.05) is 26.7 Å². The molecule has 0 spiro atoms. The van der Waals surface area contributed by atoms with Gasteiger partial charge in [0.2, 0.25) is 11.8 Å². The fraction of sp³-hybridized carbons (Fsp3) is 0.588. The molecule has 3 rings (SSSR count). The van der Waals surface area contributed by atoms with Gasteiger partial charge in [0.25, 0.3) is 0 Å². The summed E-state index contributed by atoms with van der Waals surface area (Å²) >= 11 is 0. The minimum atomic E-state index is -0.0826. The van der Waals surface area contributed by atoms with Crippen molar-refractivity contribution in [3.8, 4) is 5.75 Å². The first-order chi connectivity index (χ1) is 11.5. The van der Waals surface area contributed by atoms with Crippen molar-refractivity contribution >= 4 is 11.8 Å². The number of hydrogen-bond acceptors (Lipinski definition) is 5. The van der Waals surface area contributed by atoms with Crippen LogP contribution in [0.15, 0.2) is 18.3 Å². The highest BCUT2D eigenvalue weighted by Gasteiger charge is 2.38. The van der Waals surface area contributed by atoms with Gasteiger partial charge in [-0.2, -0.15) is 0 Å². The van der Waals surface area contributed by atoms with Crippen molar-refractivity contribution in [3.05, 3.63) is 24.0 Å². The number of pyridine rings is 1. The van der Waals surface area contributed by atoms with Gasteiger partial charge in [-0.1, -0.05) is 0 Å². The van der Waals surface area contributed by atoms with E-state index in [-0.39, 0.29) is 24.0 Å². The predicted octanol–water partition coefficient (Wildman–Crippen LogP) is 0.402. The third-order valence-electron chi connectivity index (χ3n) is 4.63. The zero-order chi connectivity index (χ0) is 17.1. The van der Waals surface area contributed by atoms with Crippen LogP contribution in [0.25, 0.3) is 0 Å². The summed E-state index contributed by atoms with van der Waals surface area (Å²) in [6, 6.07) is 3.69. The Morgan fingerprint density at radius 1 is 1.42 bits per heavy atom. The van der Waals surface area contributed by atoms with Crippen LogP contribution in [0.2, 0.25) is 0 Å². The van der Waals surface area contributed by atoms with Gasteiger partial charge in [0.15, 0.2) is 0 Å². The van der Waals surface area contributed by atoms with E-state index < -0.39 is 0 Å². The summed E-state index contributed by atoms with van der Waals surface area (Å²) in [5.74, 6) is 0.893. The molecule has 2 fully saturated rings. The summed E-state index contributed by atoms with van der Waals surface area (Å²) in [6.07, 6.45) is 3.59. The summed E-state index contributed by atoms with van der Waals surface area (Å²) in [7, 11) is 1.86. The molecule has 130 valence electrons.